The third-order valence-corrected chi connectivity index (χ3v) is 6.74. The monoisotopic (exact) mass is 510 g/mol. The van der Waals surface area contributed by atoms with E-state index in [0.29, 0.717) is 36.9 Å². The molecule has 3 aromatic rings. The summed E-state index contributed by atoms with van der Waals surface area (Å²) in [6, 6.07) is 10.1. The molecule has 194 valence electrons. The Balaban J connectivity index is 1.42. The normalized spacial score (nSPS) is 20.8. The number of benzene rings is 2. The number of oxazole rings is 1. The van der Waals surface area contributed by atoms with Crippen molar-refractivity contribution in [1.29, 1.82) is 0 Å². The summed E-state index contributed by atoms with van der Waals surface area (Å²) in [6.07, 6.45) is 1.37. The van der Waals surface area contributed by atoms with Crippen LogP contribution in [0.2, 0.25) is 0 Å². The van der Waals surface area contributed by atoms with E-state index in [1.54, 1.807) is 24.3 Å². The Bertz CT molecular complexity index is 1400. The molecule has 2 bridgehead atoms. The standard InChI is InChI=1S/C26H27FN4O6/c27-17-7-9-21-19(12-17)25(34)29-18-8-6-16(24(33)28-10-3-11-36-21)13-30(14-18)23(32)15-31-20-4-1-2-5-22(20)37-26(31)35/h1-2,4-5,7,9,12,16,18H,3,6,8,10-11,13-15H2,(H,28,33)(H,29,34)/t16-,18+/m0/s1. The van der Waals surface area contributed by atoms with Crippen LogP contribution >= 0.6 is 0 Å². The van der Waals surface area contributed by atoms with Crippen LogP contribution in [-0.2, 0) is 16.1 Å². The number of hydrogen-bond acceptors (Lipinski definition) is 6. The van der Waals surface area contributed by atoms with Crippen LogP contribution in [0.5, 0.6) is 5.75 Å². The van der Waals surface area contributed by atoms with Gasteiger partial charge in [0.1, 0.15) is 18.1 Å². The number of carbonyl (C=O) groups excluding carboxylic acids is 3. The molecule has 0 saturated carbocycles. The van der Waals surface area contributed by atoms with E-state index in [2.05, 4.69) is 10.6 Å². The molecule has 0 unspecified atom stereocenters. The number of aromatic nitrogens is 1. The number of rotatable bonds is 2. The third-order valence-electron chi connectivity index (χ3n) is 6.74. The molecule has 37 heavy (non-hydrogen) atoms. The number of nitrogens with zero attached hydrogens (tertiary/aromatic N) is 2. The van der Waals surface area contributed by atoms with Crippen molar-refractivity contribution < 1.29 is 27.9 Å². The molecule has 2 aliphatic rings. The first-order valence-electron chi connectivity index (χ1n) is 12.3. The highest BCUT2D eigenvalue weighted by Crippen LogP contribution is 2.23. The predicted octanol–water partition coefficient (Wildman–Crippen LogP) is 1.67. The molecular weight excluding hydrogens is 483 g/mol. The zero-order chi connectivity index (χ0) is 25.9. The van der Waals surface area contributed by atoms with Gasteiger partial charge in [-0.05, 0) is 49.6 Å². The first-order valence-corrected chi connectivity index (χ1v) is 12.3. The highest BCUT2D eigenvalue weighted by molar-refractivity contribution is 5.97. The van der Waals surface area contributed by atoms with Gasteiger partial charge in [-0.2, -0.15) is 0 Å². The lowest BCUT2D eigenvalue weighted by Gasteiger charge is -2.26. The molecule has 2 aromatic carbocycles. The lowest BCUT2D eigenvalue weighted by molar-refractivity contribution is -0.134. The van der Waals surface area contributed by atoms with Crippen molar-refractivity contribution in [3.8, 4) is 5.75 Å². The fraction of sp³-hybridized carbons (Fsp3) is 0.385. The van der Waals surface area contributed by atoms with Gasteiger partial charge in [0.2, 0.25) is 11.8 Å². The maximum Gasteiger partial charge on any atom is 0.420 e. The van der Waals surface area contributed by atoms with Crippen LogP contribution in [0.1, 0.15) is 29.6 Å². The Hall–Kier alpha value is -4.15. The Labute approximate surface area is 211 Å². The fourth-order valence-electron chi connectivity index (χ4n) is 4.80. The lowest BCUT2D eigenvalue weighted by Crippen LogP contribution is -2.47. The van der Waals surface area contributed by atoms with Crippen molar-refractivity contribution in [2.24, 2.45) is 5.92 Å². The van der Waals surface area contributed by atoms with Crippen LogP contribution in [0.3, 0.4) is 0 Å². The molecule has 0 radical (unpaired) electrons. The molecule has 2 aliphatic heterocycles. The van der Waals surface area contributed by atoms with Gasteiger partial charge in [0.05, 0.1) is 23.6 Å². The van der Waals surface area contributed by atoms with Crippen LogP contribution in [0, 0.1) is 11.7 Å². The van der Waals surface area contributed by atoms with Crippen LogP contribution in [0.15, 0.2) is 51.7 Å². The van der Waals surface area contributed by atoms with E-state index in [-0.39, 0.29) is 49.4 Å². The minimum Gasteiger partial charge on any atom is -0.493 e. The van der Waals surface area contributed by atoms with E-state index in [1.807, 2.05) is 0 Å². The smallest absolute Gasteiger partial charge is 0.420 e. The van der Waals surface area contributed by atoms with Gasteiger partial charge >= 0.3 is 5.76 Å². The topological polar surface area (TPSA) is 123 Å². The number of ether oxygens (including phenoxy) is 1. The Morgan fingerprint density at radius 1 is 1.08 bits per heavy atom. The summed E-state index contributed by atoms with van der Waals surface area (Å²) in [4.78, 5) is 53.4. The van der Waals surface area contributed by atoms with Gasteiger partial charge in [-0.3, -0.25) is 19.0 Å². The summed E-state index contributed by atoms with van der Waals surface area (Å²) < 4.78 is 26.1. The number of nitrogens with one attached hydrogen (secondary N) is 2. The van der Waals surface area contributed by atoms with Gasteiger partial charge in [0.25, 0.3) is 5.91 Å². The van der Waals surface area contributed by atoms with Gasteiger partial charge in [0, 0.05) is 25.7 Å². The van der Waals surface area contributed by atoms with E-state index in [0.717, 1.165) is 6.07 Å². The zero-order valence-electron chi connectivity index (χ0n) is 20.1. The van der Waals surface area contributed by atoms with Crippen LogP contribution in [0.4, 0.5) is 4.39 Å². The number of hydrogen-bond donors (Lipinski definition) is 2. The molecular formula is C26H27FN4O6. The largest absolute Gasteiger partial charge is 0.493 e. The molecule has 1 fully saturated rings. The summed E-state index contributed by atoms with van der Waals surface area (Å²) >= 11 is 0. The first kappa shape index (κ1) is 24.5. The summed E-state index contributed by atoms with van der Waals surface area (Å²) in [5.41, 5.74) is 0.931. The third kappa shape index (κ3) is 5.35. The second kappa shape index (κ2) is 10.5. The average Bonchev–Trinajstić information content (AvgIpc) is 3.05. The number of halogens is 1. The van der Waals surface area contributed by atoms with Crippen LogP contribution in [-0.4, -0.2) is 59.5 Å². The molecule has 2 atom stereocenters. The molecule has 11 heteroatoms. The molecule has 0 spiro atoms. The molecule has 0 aliphatic carbocycles. The number of fused-ring (bicyclic) bond motifs is 5. The van der Waals surface area contributed by atoms with Gasteiger partial charge in [0.15, 0.2) is 5.58 Å². The Morgan fingerprint density at radius 2 is 1.92 bits per heavy atom. The van der Waals surface area contributed by atoms with Crippen molar-refractivity contribution in [3.63, 3.8) is 0 Å². The first-order chi connectivity index (χ1) is 17.9. The molecule has 10 nitrogen and oxygen atoms in total. The van der Waals surface area contributed by atoms with E-state index in [1.165, 1.54) is 21.6 Å². The average molecular weight is 511 g/mol. The van der Waals surface area contributed by atoms with Gasteiger partial charge in [-0.25, -0.2) is 9.18 Å². The molecule has 1 aromatic heterocycles. The van der Waals surface area contributed by atoms with Crippen molar-refractivity contribution >= 4 is 28.8 Å². The number of amides is 3. The highest BCUT2D eigenvalue weighted by Gasteiger charge is 2.32. The minimum absolute atomic E-state index is 0.0659. The number of carbonyl (C=O) groups is 3. The summed E-state index contributed by atoms with van der Waals surface area (Å²) in [7, 11) is 0. The van der Waals surface area contributed by atoms with Crippen molar-refractivity contribution in [1.82, 2.24) is 20.1 Å². The van der Waals surface area contributed by atoms with Crippen molar-refractivity contribution in [2.75, 3.05) is 26.2 Å². The minimum atomic E-state index is -0.652. The molecule has 2 N–H and O–H groups in total. The second-order valence-corrected chi connectivity index (χ2v) is 9.30. The van der Waals surface area contributed by atoms with Crippen molar-refractivity contribution in [2.45, 2.75) is 31.8 Å². The summed E-state index contributed by atoms with van der Waals surface area (Å²) in [5.74, 6) is -2.56. The summed E-state index contributed by atoms with van der Waals surface area (Å²) in [5, 5.41) is 5.78. The maximum atomic E-state index is 14.0. The van der Waals surface area contributed by atoms with E-state index < -0.39 is 29.4 Å². The summed E-state index contributed by atoms with van der Waals surface area (Å²) in [6.45, 7) is 0.588. The molecule has 3 amide bonds. The molecule has 5 rings (SSSR count). The van der Waals surface area contributed by atoms with Gasteiger partial charge in [-0.15, -0.1) is 0 Å². The van der Waals surface area contributed by atoms with Crippen molar-refractivity contribution in [3.05, 3.63) is 64.4 Å². The van der Waals surface area contributed by atoms with Crippen LogP contribution in [0.25, 0.3) is 11.1 Å². The molecule has 3 heterocycles. The predicted molar refractivity (Wildman–Crippen MR) is 131 cm³/mol. The number of likely N-dealkylation sites (tertiary alicyclic amines) is 1. The fourth-order valence-corrected chi connectivity index (χ4v) is 4.80. The lowest BCUT2D eigenvalue weighted by atomic mass is 10.0. The van der Waals surface area contributed by atoms with Crippen LogP contribution < -0.4 is 21.1 Å². The van der Waals surface area contributed by atoms with Gasteiger partial charge < -0.3 is 24.7 Å². The SMILES string of the molecule is O=C1N[C@@H]2CC[C@@H](CN(C(=O)Cn3c(=O)oc4ccccc43)C2)C(=O)NCCCOc2ccc(F)cc21. The van der Waals surface area contributed by atoms with Gasteiger partial charge in [-0.1, -0.05) is 12.1 Å². The zero-order valence-corrected chi connectivity index (χ0v) is 20.1. The maximum absolute atomic E-state index is 14.0. The number of para-hydroxylation sites is 2. The van der Waals surface area contributed by atoms with E-state index in [4.69, 9.17) is 9.15 Å². The molecule has 1 saturated heterocycles. The quantitative estimate of drug-likeness (QED) is 0.541. The Morgan fingerprint density at radius 3 is 2.78 bits per heavy atom. The second-order valence-electron chi connectivity index (χ2n) is 9.30. The highest BCUT2D eigenvalue weighted by atomic mass is 19.1. The van der Waals surface area contributed by atoms with E-state index >= 15 is 0 Å². The van der Waals surface area contributed by atoms with E-state index in [9.17, 15) is 23.6 Å². The Kier molecular flexibility index (Phi) is 6.93.